The van der Waals surface area contributed by atoms with Crippen LogP contribution in [0.5, 0.6) is 0 Å². The molecular formula is C11H21N. The second-order valence-electron chi connectivity index (χ2n) is 3.15. The van der Waals surface area contributed by atoms with Crippen LogP contribution >= 0.6 is 0 Å². The highest BCUT2D eigenvalue weighted by Crippen LogP contribution is 1.97. The van der Waals surface area contributed by atoms with Crippen LogP contribution in [0.25, 0.3) is 0 Å². The van der Waals surface area contributed by atoms with Gasteiger partial charge in [0, 0.05) is 6.42 Å². The van der Waals surface area contributed by atoms with Gasteiger partial charge in [0.1, 0.15) is 0 Å². The van der Waals surface area contributed by atoms with Crippen molar-refractivity contribution < 1.29 is 0 Å². The van der Waals surface area contributed by atoms with Gasteiger partial charge in [-0.1, -0.05) is 13.8 Å². The van der Waals surface area contributed by atoms with Crippen LogP contribution in [0.3, 0.4) is 0 Å². The molecule has 0 N–H and O–H groups in total. The third-order valence-electron chi connectivity index (χ3n) is 1.88. The second kappa shape index (κ2) is 8.62. The molecule has 0 aromatic heterocycles. The van der Waals surface area contributed by atoms with Gasteiger partial charge in [0.15, 0.2) is 0 Å². The van der Waals surface area contributed by atoms with Crippen LogP contribution < -0.4 is 0 Å². The molecule has 0 aromatic carbocycles. The van der Waals surface area contributed by atoms with Crippen molar-refractivity contribution in [3.05, 3.63) is 0 Å². The molecule has 0 saturated heterocycles. The summed E-state index contributed by atoms with van der Waals surface area (Å²) in [5.74, 6) is 2.68. The number of hydrogen-bond acceptors (Lipinski definition) is 1. The molecule has 0 bridgehead atoms. The number of unbranched alkanes of at least 4 members (excludes halogenated alkanes) is 1. The standard InChI is InChI=1S/C11H21N/c1-4-7-8-11-12(9-5-2)10-6-3/h1H,5-11H2,2-3H3. The molecule has 1 nitrogen and oxygen atoms in total. The molecule has 0 saturated carbocycles. The number of hydrogen-bond donors (Lipinski definition) is 0. The monoisotopic (exact) mass is 167 g/mol. The van der Waals surface area contributed by atoms with Gasteiger partial charge in [-0.2, -0.15) is 0 Å². The lowest BCUT2D eigenvalue weighted by Gasteiger charge is -2.19. The van der Waals surface area contributed by atoms with E-state index in [1.54, 1.807) is 0 Å². The SMILES string of the molecule is C#CCCCN(CCC)CCC. The van der Waals surface area contributed by atoms with Crippen LogP contribution in [0.1, 0.15) is 39.5 Å². The van der Waals surface area contributed by atoms with Gasteiger partial charge in [0.25, 0.3) is 0 Å². The number of rotatable bonds is 7. The Morgan fingerprint density at radius 2 is 1.67 bits per heavy atom. The largest absolute Gasteiger partial charge is 0.303 e. The number of terminal acetylenes is 1. The molecule has 0 rings (SSSR count). The van der Waals surface area contributed by atoms with Crippen LogP contribution in [-0.2, 0) is 0 Å². The van der Waals surface area contributed by atoms with Gasteiger partial charge in [0.2, 0.25) is 0 Å². The summed E-state index contributed by atoms with van der Waals surface area (Å²) >= 11 is 0. The first-order valence-electron chi connectivity index (χ1n) is 5.01. The molecule has 0 aliphatic heterocycles. The third kappa shape index (κ3) is 6.24. The van der Waals surface area contributed by atoms with Gasteiger partial charge in [-0.15, -0.1) is 12.3 Å². The maximum atomic E-state index is 5.19. The van der Waals surface area contributed by atoms with Crippen molar-refractivity contribution in [2.75, 3.05) is 19.6 Å². The highest BCUT2D eigenvalue weighted by molar-refractivity contribution is 4.83. The van der Waals surface area contributed by atoms with Gasteiger partial charge >= 0.3 is 0 Å². The molecule has 0 fully saturated rings. The normalized spacial score (nSPS) is 10.2. The van der Waals surface area contributed by atoms with Crippen molar-refractivity contribution in [1.29, 1.82) is 0 Å². The third-order valence-corrected chi connectivity index (χ3v) is 1.88. The Hall–Kier alpha value is -0.480. The maximum Gasteiger partial charge on any atom is 0.00982 e. The molecule has 0 spiro atoms. The summed E-state index contributed by atoms with van der Waals surface area (Å²) in [7, 11) is 0. The van der Waals surface area contributed by atoms with E-state index in [-0.39, 0.29) is 0 Å². The van der Waals surface area contributed by atoms with Gasteiger partial charge in [-0.3, -0.25) is 0 Å². The van der Waals surface area contributed by atoms with E-state index in [2.05, 4.69) is 24.7 Å². The van der Waals surface area contributed by atoms with Crippen LogP contribution in [0.15, 0.2) is 0 Å². The minimum absolute atomic E-state index is 0.921. The Labute approximate surface area is 77.1 Å². The van der Waals surface area contributed by atoms with Crippen LogP contribution in [0.4, 0.5) is 0 Å². The maximum absolute atomic E-state index is 5.19. The van der Waals surface area contributed by atoms with Crippen molar-refractivity contribution in [3.63, 3.8) is 0 Å². The molecule has 0 atom stereocenters. The summed E-state index contributed by atoms with van der Waals surface area (Å²) in [6.45, 7) is 8.07. The first-order chi connectivity index (χ1) is 5.85. The predicted molar refractivity (Wildman–Crippen MR) is 55.1 cm³/mol. The van der Waals surface area contributed by atoms with Crippen molar-refractivity contribution in [2.45, 2.75) is 39.5 Å². The zero-order valence-corrected chi connectivity index (χ0v) is 8.47. The molecule has 0 aromatic rings. The summed E-state index contributed by atoms with van der Waals surface area (Å²) in [6.07, 6.45) is 9.76. The Bertz CT molecular complexity index is 117. The van der Waals surface area contributed by atoms with E-state index >= 15 is 0 Å². The minimum atomic E-state index is 0.921. The van der Waals surface area contributed by atoms with Gasteiger partial charge in [0.05, 0.1) is 0 Å². The average Bonchev–Trinajstić information content (AvgIpc) is 2.06. The molecule has 0 aliphatic rings. The topological polar surface area (TPSA) is 3.24 Å². The Kier molecular flexibility index (Phi) is 8.27. The molecule has 0 radical (unpaired) electrons. The van der Waals surface area contributed by atoms with E-state index in [4.69, 9.17) is 6.42 Å². The fourth-order valence-electron chi connectivity index (χ4n) is 1.37. The summed E-state index contributed by atoms with van der Waals surface area (Å²) in [4.78, 5) is 2.50. The van der Waals surface area contributed by atoms with Crippen LogP contribution in [0, 0.1) is 12.3 Å². The van der Waals surface area contributed by atoms with E-state index in [1.165, 1.54) is 32.5 Å². The lowest BCUT2D eigenvalue weighted by Crippen LogP contribution is -2.26. The fourth-order valence-corrected chi connectivity index (χ4v) is 1.37. The Morgan fingerprint density at radius 3 is 2.08 bits per heavy atom. The van der Waals surface area contributed by atoms with Crippen molar-refractivity contribution >= 4 is 0 Å². The summed E-state index contributed by atoms with van der Waals surface area (Å²) in [5, 5.41) is 0. The highest BCUT2D eigenvalue weighted by atomic mass is 15.1. The smallest absolute Gasteiger partial charge is 0.00982 e. The van der Waals surface area contributed by atoms with Crippen molar-refractivity contribution in [3.8, 4) is 12.3 Å². The molecule has 12 heavy (non-hydrogen) atoms. The molecule has 0 heterocycles. The molecule has 0 aliphatic carbocycles. The summed E-state index contributed by atoms with van der Waals surface area (Å²) < 4.78 is 0. The van der Waals surface area contributed by atoms with Crippen LogP contribution in [-0.4, -0.2) is 24.5 Å². The first kappa shape index (κ1) is 11.5. The Balaban J connectivity index is 3.42. The van der Waals surface area contributed by atoms with E-state index in [0.717, 1.165) is 12.8 Å². The predicted octanol–water partition coefficient (Wildman–Crippen LogP) is 2.52. The highest BCUT2D eigenvalue weighted by Gasteiger charge is 2.00. The zero-order chi connectivity index (χ0) is 9.23. The second-order valence-corrected chi connectivity index (χ2v) is 3.15. The molecule has 70 valence electrons. The quantitative estimate of drug-likeness (QED) is 0.416. The zero-order valence-electron chi connectivity index (χ0n) is 8.47. The Morgan fingerprint density at radius 1 is 1.08 bits per heavy atom. The van der Waals surface area contributed by atoms with Crippen molar-refractivity contribution in [1.82, 2.24) is 4.90 Å². The van der Waals surface area contributed by atoms with E-state index in [0.29, 0.717) is 0 Å². The van der Waals surface area contributed by atoms with Crippen LogP contribution in [0.2, 0.25) is 0 Å². The van der Waals surface area contributed by atoms with Gasteiger partial charge in [-0.25, -0.2) is 0 Å². The summed E-state index contributed by atoms with van der Waals surface area (Å²) in [6, 6.07) is 0. The molecular weight excluding hydrogens is 146 g/mol. The van der Waals surface area contributed by atoms with Gasteiger partial charge < -0.3 is 4.90 Å². The first-order valence-corrected chi connectivity index (χ1v) is 5.01. The van der Waals surface area contributed by atoms with E-state index < -0.39 is 0 Å². The molecule has 1 heteroatoms. The lowest BCUT2D eigenvalue weighted by molar-refractivity contribution is 0.272. The molecule has 0 amide bonds. The number of nitrogens with zero attached hydrogens (tertiary/aromatic N) is 1. The van der Waals surface area contributed by atoms with E-state index in [9.17, 15) is 0 Å². The molecule has 0 unspecified atom stereocenters. The fraction of sp³-hybridized carbons (Fsp3) is 0.818. The average molecular weight is 167 g/mol. The minimum Gasteiger partial charge on any atom is -0.303 e. The van der Waals surface area contributed by atoms with Gasteiger partial charge in [-0.05, 0) is 38.9 Å². The summed E-state index contributed by atoms with van der Waals surface area (Å²) in [5.41, 5.74) is 0. The van der Waals surface area contributed by atoms with Crippen molar-refractivity contribution in [2.24, 2.45) is 0 Å². The van der Waals surface area contributed by atoms with E-state index in [1.807, 2.05) is 0 Å². The lowest BCUT2D eigenvalue weighted by atomic mass is 10.2.